The van der Waals surface area contributed by atoms with E-state index in [0.717, 1.165) is 49.1 Å². The van der Waals surface area contributed by atoms with Crippen LogP contribution in [0.15, 0.2) is 29.3 Å². The Hall–Kier alpha value is -1.71. The Morgan fingerprint density at radius 3 is 2.73 bits per heavy atom. The molecule has 3 rings (SSSR count). The number of hydrogen-bond acceptors (Lipinski definition) is 3. The number of benzene rings is 1. The largest absolute Gasteiger partial charge is 0.356 e. The maximum absolute atomic E-state index is 12.9. The number of aliphatic imine (C=N–C) groups is 1. The van der Waals surface area contributed by atoms with Crippen molar-refractivity contribution in [2.75, 3.05) is 13.6 Å². The van der Waals surface area contributed by atoms with Gasteiger partial charge in [0.05, 0.1) is 6.54 Å². The van der Waals surface area contributed by atoms with Gasteiger partial charge in [0, 0.05) is 26.6 Å². The average molecular weight is 472 g/mol. The molecule has 1 aromatic heterocycles. The first-order valence-electron chi connectivity index (χ1n) is 8.86. The molecule has 1 aliphatic heterocycles. The third kappa shape index (κ3) is 5.65. The highest BCUT2D eigenvalue weighted by Crippen LogP contribution is 2.14. The molecule has 0 radical (unpaired) electrons. The average Bonchev–Trinajstić information content (AvgIpc) is 2.86. The van der Waals surface area contributed by atoms with E-state index in [0.29, 0.717) is 6.54 Å². The van der Waals surface area contributed by atoms with Gasteiger partial charge in [-0.1, -0.05) is 18.6 Å². The van der Waals surface area contributed by atoms with Gasteiger partial charge < -0.3 is 15.2 Å². The van der Waals surface area contributed by atoms with E-state index in [1.807, 2.05) is 0 Å². The van der Waals surface area contributed by atoms with E-state index in [9.17, 15) is 4.39 Å². The summed E-state index contributed by atoms with van der Waals surface area (Å²) >= 11 is 0. The van der Waals surface area contributed by atoms with Crippen molar-refractivity contribution in [3.8, 4) is 0 Å². The van der Waals surface area contributed by atoms with Crippen molar-refractivity contribution in [1.29, 1.82) is 0 Å². The van der Waals surface area contributed by atoms with E-state index in [2.05, 4.69) is 30.4 Å². The van der Waals surface area contributed by atoms with E-state index >= 15 is 0 Å². The van der Waals surface area contributed by atoms with Crippen LogP contribution in [0.25, 0.3) is 0 Å². The lowest BCUT2D eigenvalue weighted by atomic mass is 10.1. The molecule has 142 valence electrons. The lowest BCUT2D eigenvalue weighted by Crippen LogP contribution is -2.38. The Balaban J connectivity index is 0.00000243. The molecule has 2 N–H and O–H groups in total. The van der Waals surface area contributed by atoms with Crippen LogP contribution in [0, 0.1) is 5.82 Å². The summed E-state index contributed by atoms with van der Waals surface area (Å²) in [6.07, 6.45) is 5.45. The molecule has 0 unspecified atom stereocenters. The molecule has 2 heterocycles. The molecule has 1 aromatic carbocycles. The Bertz CT molecular complexity index is 713. The number of nitrogens with one attached hydrogen (secondary N) is 2. The van der Waals surface area contributed by atoms with Gasteiger partial charge >= 0.3 is 0 Å². The van der Waals surface area contributed by atoms with Gasteiger partial charge in [-0.25, -0.2) is 4.39 Å². The van der Waals surface area contributed by atoms with Gasteiger partial charge in [0.2, 0.25) is 0 Å². The van der Waals surface area contributed by atoms with Crippen molar-refractivity contribution in [1.82, 2.24) is 25.4 Å². The van der Waals surface area contributed by atoms with Gasteiger partial charge in [0.15, 0.2) is 11.8 Å². The Morgan fingerprint density at radius 1 is 1.15 bits per heavy atom. The fraction of sp³-hybridized carbons (Fsp3) is 0.500. The smallest absolute Gasteiger partial charge is 0.191 e. The van der Waals surface area contributed by atoms with Crippen LogP contribution >= 0.6 is 24.0 Å². The number of nitrogens with zero attached hydrogens (tertiary/aromatic N) is 4. The summed E-state index contributed by atoms with van der Waals surface area (Å²) in [5, 5.41) is 15.2. The first-order chi connectivity index (χ1) is 12.3. The molecular weight excluding hydrogens is 446 g/mol. The number of rotatable bonds is 5. The second kappa shape index (κ2) is 10.4. The van der Waals surface area contributed by atoms with Crippen molar-refractivity contribution in [3.05, 3.63) is 47.3 Å². The van der Waals surface area contributed by atoms with Crippen LogP contribution < -0.4 is 10.6 Å². The second-order valence-electron chi connectivity index (χ2n) is 6.22. The van der Waals surface area contributed by atoms with Crippen LogP contribution in [0.2, 0.25) is 0 Å². The summed E-state index contributed by atoms with van der Waals surface area (Å²) in [5.74, 6) is 2.57. The number of guanidine groups is 1. The van der Waals surface area contributed by atoms with Crippen molar-refractivity contribution < 1.29 is 4.39 Å². The molecule has 0 saturated heterocycles. The lowest BCUT2D eigenvalue weighted by molar-refractivity contribution is 0.596. The number of aryl methyl sites for hydroxylation is 1. The maximum Gasteiger partial charge on any atom is 0.191 e. The van der Waals surface area contributed by atoms with Crippen molar-refractivity contribution in [2.24, 2.45) is 4.99 Å². The van der Waals surface area contributed by atoms with Crippen LogP contribution in [0.1, 0.15) is 36.5 Å². The van der Waals surface area contributed by atoms with Crippen LogP contribution in [0.3, 0.4) is 0 Å². The van der Waals surface area contributed by atoms with Gasteiger partial charge in [-0.3, -0.25) is 4.99 Å². The molecular formula is C18H26FIN6. The molecule has 2 aromatic rings. The predicted molar refractivity (Wildman–Crippen MR) is 111 cm³/mol. The first kappa shape index (κ1) is 20.6. The highest BCUT2D eigenvalue weighted by atomic mass is 127. The van der Waals surface area contributed by atoms with Crippen molar-refractivity contribution in [3.63, 3.8) is 0 Å². The molecule has 0 amide bonds. The quantitative estimate of drug-likeness (QED) is 0.399. The Morgan fingerprint density at radius 2 is 1.96 bits per heavy atom. The molecule has 0 saturated carbocycles. The summed E-state index contributed by atoms with van der Waals surface area (Å²) in [6.45, 7) is 2.32. The minimum Gasteiger partial charge on any atom is -0.356 e. The van der Waals surface area contributed by atoms with Gasteiger partial charge in [0.1, 0.15) is 11.6 Å². The minimum atomic E-state index is -0.207. The van der Waals surface area contributed by atoms with Gasteiger partial charge in [-0.05, 0) is 37.0 Å². The van der Waals surface area contributed by atoms with Crippen LogP contribution in [-0.2, 0) is 25.9 Å². The van der Waals surface area contributed by atoms with Gasteiger partial charge in [0.25, 0.3) is 0 Å². The summed E-state index contributed by atoms with van der Waals surface area (Å²) in [4.78, 5) is 4.24. The maximum atomic E-state index is 12.9. The predicted octanol–water partition coefficient (Wildman–Crippen LogP) is 2.67. The second-order valence-corrected chi connectivity index (χ2v) is 6.22. The first-order valence-corrected chi connectivity index (χ1v) is 8.86. The number of hydrogen-bond donors (Lipinski definition) is 2. The zero-order valence-corrected chi connectivity index (χ0v) is 17.4. The highest BCUT2D eigenvalue weighted by Gasteiger charge is 2.14. The lowest BCUT2D eigenvalue weighted by Gasteiger charge is -2.12. The third-order valence-corrected chi connectivity index (χ3v) is 4.44. The van der Waals surface area contributed by atoms with E-state index in [1.165, 1.54) is 31.4 Å². The SMILES string of the molecule is CN=C(NCCc1ccc(F)cc1)NCc1nnc2n1CCCCC2.I. The summed E-state index contributed by atoms with van der Waals surface area (Å²) < 4.78 is 15.1. The zero-order valence-electron chi connectivity index (χ0n) is 15.0. The van der Waals surface area contributed by atoms with E-state index in [4.69, 9.17) is 0 Å². The normalized spacial score (nSPS) is 14.2. The molecule has 0 atom stereocenters. The molecule has 0 spiro atoms. The van der Waals surface area contributed by atoms with Crippen LogP contribution in [-0.4, -0.2) is 34.3 Å². The summed E-state index contributed by atoms with van der Waals surface area (Å²) in [5.41, 5.74) is 1.09. The van der Waals surface area contributed by atoms with Crippen molar-refractivity contribution in [2.45, 2.75) is 45.2 Å². The molecule has 0 aliphatic carbocycles. The zero-order chi connectivity index (χ0) is 17.5. The van der Waals surface area contributed by atoms with E-state index < -0.39 is 0 Å². The van der Waals surface area contributed by atoms with Gasteiger partial charge in [-0.2, -0.15) is 0 Å². The monoisotopic (exact) mass is 472 g/mol. The Labute approximate surface area is 170 Å². The molecule has 8 heteroatoms. The molecule has 26 heavy (non-hydrogen) atoms. The van der Waals surface area contributed by atoms with Crippen LogP contribution in [0.4, 0.5) is 4.39 Å². The standard InChI is InChI=1S/C18H25FN6.HI/c1-20-18(21-11-10-14-6-8-15(19)9-7-14)22-13-17-24-23-16-5-3-2-4-12-25(16)17;/h6-9H,2-5,10-13H2,1H3,(H2,20,21,22);1H. The topological polar surface area (TPSA) is 67.1 Å². The molecule has 6 nitrogen and oxygen atoms in total. The number of fused-ring (bicyclic) bond motifs is 1. The van der Waals surface area contributed by atoms with E-state index in [-0.39, 0.29) is 29.8 Å². The minimum absolute atomic E-state index is 0. The summed E-state index contributed by atoms with van der Waals surface area (Å²) in [6, 6.07) is 6.58. The molecule has 0 fully saturated rings. The Kier molecular flexibility index (Phi) is 8.27. The fourth-order valence-corrected chi connectivity index (χ4v) is 3.04. The molecule has 0 bridgehead atoms. The fourth-order valence-electron chi connectivity index (χ4n) is 3.04. The summed E-state index contributed by atoms with van der Waals surface area (Å²) in [7, 11) is 1.75. The number of aromatic nitrogens is 3. The van der Waals surface area contributed by atoms with E-state index in [1.54, 1.807) is 19.2 Å². The third-order valence-electron chi connectivity index (χ3n) is 4.44. The highest BCUT2D eigenvalue weighted by molar-refractivity contribution is 14.0. The van der Waals surface area contributed by atoms with Crippen LogP contribution in [0.5, 0.6) is 0 Å². The molecule has 1 aliphatic rings. The van der Waals surface area contributed by atoms with Crippen molar-refractivity contribution >= 4 is 29.9 Å². The number of halogens is 2. The van der Waals surface area contributed by atoms with Gasteiger partial charge in [-0.15, -0.1) is 34.2 Å².